The van der Waals surface area contributed by atoms with E-state index in [0.29, 0.717) is 17.6 Å². The largest absolute Gasteiger partial charge is 0.444 e. The van der Waals surface area contributed by atoms with Crippen LogP contribution in [0.15, 0.2) is 21.2 Å². The van der Waals surface area contributed by atoms with Crippen LogP contribution in [0.2, 0.25) is 0 Å². The Morgan fingerprint density at radius 3 is 2.71 bits per heavy atom. The van der Waals surface area contributed by atoms with Gasteiger partial charge >= 0.3 is 0 Å². The number of carbonyl (C=O) groups is 2. The molecule has 6 nitrogen and oxygen atoms in total. The number of hydrogen-bond acceptors (Lipinski definition) is 4. The summed E-state index contributed by atoms with van der Waals surface area (Å²) in [5.74, 6) is -0.364. The van der Waals surface area contributed by atoms with Crippen LogP contribution in [0, 0.1) is 0 Å². The fourth-order valence-corrected chi connectivity index (χ4v) is 2.54. The first kappa shape index (κ1) is 16.0. The average molecular weight is 359 g/mol. The van der Waals surface area contributed by atoms with Gasteiger partial charge in [-0.1, -0.05) is 0 Å². The van der Waals surface area contributed by atoms with Gasteiger partial charge in [0.15, 0.2) is 10.4 Å². The third-order valence-electron chi connectivity index (χ3n) is 3.59. The minimum atomic E-state index is -0.412. The molecule has 0 aliphatic heterocycles. The number of hydrogen-bond donors (Lipinski definition) is 2. The Labute approximate surface area is 131 Å². The molecule has 1 aromatic heterocycles. The molecule has 7 heteroatoms. The van der Waals surface area contributed by atoms with E-state index < -0.39 is 5.91 Å². The van der Waals surface area contributed by atoms with E-state index in [-0.39, 0.29) is 30.9 Å². The van der Waals surface area contributed by atoms with Gasteiger partial charge in [0, 0.05) is 19.2 Å². The Morgan fingerprint density at radius 1 is 1.43 bits per heavy atom. The highest BCUT2D eigenvalue weighted by Crippen LogP contribution is 2.24. The van der Waals surface area contributed by atoms with Gasteiger partial charge in [-0.3, -0.25) is 9.59 Å². The zero-order valence-electron chi connectivity index (χ0n) is 11.7. The van der Waals surface area contributed by atoms with Crippen molar-refractivity contribution >= 4 is 27.7 Å². The molecule has 0 radical (unpaired) electrons. The summed E-state index contributed by atoms with van der Waals surface area (Å²) >= 11 is 3.12. The van der Waals surface area contributed by atoms with Crippen LogP contribution in [0.5, 0.6) is 0 Å². The molecule has 0 bridgehead atoms. The molecular formula is C14H19BrN2O4. The molecule has 1 aromatic rings. The van der Waals surface area contributed by atoms with Crippen molar-refractivity contribution in [1.29, 1.82) is 0 Å². The second-order valence-electron chi connectivity index (χ2n) is 5.04. The first-order valence-corrected chi connectivity index (χ1v) is 7.85. The second-order valence-corrected chi connectivity index (χ2v) is 5.82. The zero-order chi connectivity index (χ0) is 15.2. The highest BCUT2D eigenvalue weighted by atomic mass is 79.9. The van der Waals surface area contributed by atoms with E-state index in [4.69, 9.17) is 9.52 Å². The van der Waals surface area contributed by atoms with Gasteiger partial charge in [0.05, 0.1) is 6.54 Å². The zero-order valence-corrected chi connectivity index (χ0v) is 13.3. The summed E-state index contributed by atoms with van der Waals surface area (Å²) in [7, 11) is 0. The molecule has 1 aliphatic rings. The minimum absolute atomic E-state index is 0.0565. The SMILES string of the molecule is O=C(NCC(=O)N(CCCO)C1CCC1)c1ccc(Br)o1. The number of rotatable bonds is 7. The van der Waals surface area contributed by atoms with Crippen molar-refractivity contribution in [2.45, 2.75) is 31.7 Å². The van der Waals surface area contributed by atoms with Gasteiger partial charge in [-0.25, -0.2) is 0 Å². The van der Waals surface area contributed by atoms with Gasteiger partial charge in [0.2, 0.25) is 5.91 Å². The molecule has 0 saturated heterocycles. The van der Waals surface area contributed by atoms with E-state index in [1.54, 1.807) is 17.0 Å². The van der Waals surface area contributed by atoms with Crippen LogP contribution in [0.4, 0.5) is 0 Å². The molecule has 1 heterocycles. The lowest BCUT2D eigenvalue weighted by Crippen LogP contribution is -2.48. The molecule has 2 amide bonds. The van der Waals surface area contributed by atoms with Crippen molar-refractivity contribution in [3.63, 3.8) is 0 Å². The lowest BCUT2D eigenvalue weighted by Gasteiger charge is -2.37. The molecule has 1 fully saturated rings. The van der Waals surface area contributed by atoms with E-state index in [1.807, 2.05) is 0 Å². The quantitative estimate of drug-likeness (QED) is 0.774. The first-order valence-electron chi connectivity index (χ1n) is 7.05. The number of aliphatic hydroxyl groups excluding tert-OH is 1. The monoisotopic (exact) mass is 358 g/mol. The van der Waals surface area contributed by atoms with E-state index in [2.05, 4.69) is 21.2 Å². The van der Waals surface area contributed by atoms with Gasteiger partial charge in [-0.15, -0.1) is 0 Å². The predicted molar refractivity (Wildman–Crippen MR) is 79.8 cm³/mol. The molecule has 0 unspecified atom stereocenters. The van der Waals surface area contributed by atoms with Crippen molar-refractivity contribution in [2.24, 2.45) is 0 Å². The third-order valence-corrected chi connectivity index (χ3v) is 4.02. The van der Waals surface area contributed by atoms with Crippen LogP contribution < -0.4 is 5.32 Å². The molecule has 21 heavy (non-hydrogen) atoms. The van der Waals surface area contributed by atoms with Crippen LogP contribution in [0.25, 0.3) is 0 Å². The van der Waals surface area contributed by atoms with Gasteiger partial charge in [0.25, 0.3) is 5.91 Å². The summed E-state index contributed by atoms with van der Waals surface area (Å²) in [6, 6.07) is 3.41. The predicted octanol–water partition coefficient (Wildman–Crippen LogP) is 1.54. The van der Waals surface area contributed by atoms with Gasteiger partial charge < -0.3 is 19.7 Å². The molecule has 1 aliphatic carbocycles. The lowest BCUT2D eigenvalue weighted by atomic mass is 9.91. The average Bonchev–Trinajstić information content (AvgIpc) is 2.84. The fraction of sp³-hybridized carbons (Fsp3) is 0.571. The Hall–Kier alpha value is -1.34. The number of carbonyl (C=O) groups excluding carboxylic acids is 2. The first-order chi connectivity index (χ1) is 10.1. The molecule has 116 valence electrons. The molecule has 1 saturated carbocycles. The number of aliphatic hydroxyl groups is 1. The van der Waals surface area contributed by atoms with Crippen LogP contribution in [-0.4, -0.2) is 47.6 Å². The number of furan rings is 1. The summed E-state index contributed by atoms with van der Waals surface area (Å²) in [6.45, 7) is 0.532. The van der Waals surface area contributed by atoms with Crippen LogP contribution in [-0.2, 0) is 4.79 Å². The van der Waals surface area contributed by atoms with E-state index in [9.17, 15) is 9.59 Å². The molecule has 2 rings (SSSR count). The Kier molecular flexibility index (Phi) is 5.81. The summed E-state index contributed by atoms with van der Waals surface area (Å²) in [6.07, 6.45) is 3.67. The maximum atomic E-state index is 12.2. The van der Waals surface area contributed by atoms with Crippen molar-refractivity contribution in [1.82, 2.24) is 10.2 Å². The van der Waals surface area contributed by atoms with Crippen LogP contribution in [0.3, 0.4) is 0 Å². The molecule has 2 N–H and O–H groups in total. The number of amides is 2. The maximum Gasteiger partial charge on any atom is 0.287 e. The molecule has 0 spiro atoms. The fourth-order valence-electron chi connectivity index (χ4n) is 2.23. The topological polar surface area (TPSA) is 82.8 Å². The van der Waals surface area contributed by atoms with Crippen molar-refractivity contribution < 1.29 is 19.1 Å². The van der Waals surface area contributed by atoms with Crippen molar-refractivity contribution in [3.8, 4) is 0 Å². The van der Waals surface area contributed by atoms with Crippen LogP contribution in [0.1, 0.15) is 36.2 Å². The highest BCUT2D eigenvalue weighted by Gasteiger charge is 2.28. The molecular weight excluding hydrogens is 340 g/mol. The normalized spacial score (nSPS) is 14.6. The molecule has 0 atom stereocenters. The standard InChI is InChI=1S/C14H19BrN2O4/c15-12-6-5-11(21-12)14(20)16-9-13(19)17(7-2-8-18)10-3-1-4-10/h5-6,10,18H,1-4,7-9H2,(H,16,20). The Morgan fingerprint density at radius 2 is 2.19 bits per heavy atom. The van der Waals surface area contributed by atoms with Crippen molar-refractivity contribution in [3.05, 3.63) is 22.6 Å². The van der Waals surface area contributed by atoms with Gasteiger partial charge in [0.1, 0.15) is 0 Å². The van der Waals surface area contributed by atoms with Crippen molar-refractivity contribution in [2.75, 3.05) is 19.7 Å². The van der Waals surface area contributed by atoms with E-state index in [1.165, 1.54) is 0 Å². The smallest absolute Gasteiger partial charge is 0.287 e. The lowest BCUT2D eigenvalue weighted by molar-refractivity contribution is -0.134. The summed E-state index contributed by atoms with van der Waals surface area (Å²) in [4.78, 5) is 25.8. The number of nitrogens with one attached hydrogen (secondary N) is 1. The second kappa shape index (κ2) is 7.61. The summed E-state index contributed by atoms with van der Waals surface area (Å²) in [5, 5.41) is 11.5. The van der Waals surface area contributed by atoms with Gasteiger partial charge in [-0.2, -0.15) is 0 Å². The Balaban J connectivity index is 1.84. The van der Waals surface area contributed by atoms with E-state index in [0.717, 1.165) is 19.3 Å². The Bertz CT molecular complexity index is 499. The number of nitrogens with zero attached hydrogens (tertiary/aromatic N) is 1. The third kappa shape index (κ3) is 4.31. The van der Waals surface area contributed by atoms with Gasteiger partial charge in [-0.05, 0) is 53.7 Å². The highest BCUT2D eigenvalue weighted by molar-refractivity contribution is 9.10. The summed E-state index contributed by atoms with van der Waals surface area (Å²) < 4.78 is 5.60. The number of halogens is 1. The maximum absolute atomic E-state index is 12.2. The van der Waals surface area contributed by atoms with E-state index >= 15 is 0 Å². The minimum Gasteiger partial charge on any atom is -0.444 e. The molecule has 0 aromatic carbocycles. The summed E-state index contributed by atoms with van der Waals surface area (Å²) in [5.41, 5.74) is 0. The van der Waals surface area contributed by atoms with Crippen LogP contribution >= 0.6 is 15.9 Å².